The molecule has 0 spiro atoms. The maximum atomic E-state index is 8.24. The van der Waals surface area contributed by atoms with Gasteiger partial charge in [-0.2, -0.15) is 0 Å². The smallest absolute Gasteiger partial charge is 0.402 e. The quantitative estimate of drug-likeness (QED) is 0.363. The van der Waals surface area contributed by atoms with Crippen molar-refractivity contribution < 1.29 is 14.7 Å². The van der Waals surface area contributed by atoms with Crippen molar-refractivity contribution in [3.8, 4) is 0 Å². The minimum absolute atomic E-state index is 0.442. The van der Waals surface area contributed by atoms with Crippen LogP contribution in [0.3, 0.4) is 0 Å². The summed E-state index contributed by atoms with van der Waals surface area (Å²) in [6.45, 7) is 8.57. The van der Waals surface area contributed by atoms with Crippen LogP contribution in [0, 0.1) is 0 Å². The van der Waals surface area contributed by atoms with Crippen LogP contribution in [0.5, 0.6) is 0 Å². The second kappa shape index (κ2) is 13.3. The van der Waals surface area contributed by atoms with Crippen LogP contribution >= 0.6 is 0 Å². The molecule has 0 bridgehead atoms. The molecule has 0 aromatic carbocycles. The van der Waals surface area contributed by atoms with Crippen molar-refractivity contribution in [1.29, 1.82) is 0 Å². The highest BCUT2D eigenvalue weighted by molar-refractivity contribution is 6.32. The summed E-state index contributed by atoms with van der Waals surface area (Å²) in [4.78, 5) is 0. The largest absolute Gasteiger partial charge is 0.633 e. The number of hydrogen-bond acceptors (Lipinski definition) is 3. The highest BCUT2D eigenvalue weighted by Crippen LogP contribution is 1.98. The summed E-state index contributed by atoms with van der Waals surface area (Å²) in [6.07, 6.45) is 4.38. The van der Waals surface area contributed by atoms with E-state index >= 15 is 0 Å². The summed E-state index contributed by atoms with van der Waals surface area (Å²) in [6, 6.07) is 0. The molecule has 0 aromatic heterocycles. The third kappa shape index (κ3) is 16.3. The van der Waals surface area contributed by atoms with E-state index in [1.807, 2.05) is 0 Å². The zero-order chi connectivity index (χ0) is 9.82. The lowest BCUT2D eigenvalue weighted by Crippen LogP contribution is -2.17. The minimum Gasteiger partial charge on any atom is -0.402 e. The Balaban J connectivity index is 0. The molecule has 0 aliphatic carbocycles. The molecule has 0 radical (unpaired) electrons. The lowest BCUT2D eigenvalue weighted by Gasteiger charge is -2.00. The van der Waals surface area contributed by atoms with Gasteiger partial charge in [-0.3, -0.25) is 0 Å². The maximum absolute atomic E-state index is 8.24. The molecular formula is C8H19BO3. The Morgan fingerprint density at radius 2 is 1.75 bits per heavy atom. The lowest BCUT2D eigenvalue weighted by atomic mass is 10.2. The molecule has 0 heterocycles. The fraction of sp³-hybridized carbons (Fsp3) is 0.750. The van der Waals surface area contributed by atoms with Crippen LogP contribution in [0.25, 0.3) is 0 Å². The summed E-state index contributed by atoms with van der Waals surface area (Å²) < 4.78 is 4.50. The Hall–Kier alpha value is -0.315. The fourth-order valence-corrected chi connectivity index (χ4v) is 0.718. The lowest BCUT2D eigenvalue weighted by molar-refractivity contribution is 0.182. The molecule has 0 aliphatic rings. The van der Waals surface area contributed by atoms with Gasteiger partial charge in [0.1, 0.15) is 0 Å². The molecule has 72 valence electrons. The van der Waals surface area contributed by atoms with E-state index in [0.717, 1.165) is 12.8 Å². The molecule has 0 rings (SSSR count). The summed E-state index contributed by atoms with van der Waals surface area (Å²) in [7, 11) is -1.60. The van der Waals surface area contributed by atoms with E-state index < -0.39 is 7.32 Å². The highest BCUT2D eigenvalue weighted by atomic mass is 16.6. The van der Waals surface area contributed by atoms with E-state index in [4.69, 9.17) is 10.0 Å². The van der Waals surface area contributed by atoms with Crippen molar-refractivity contribution in [2.24, 2.45) is 0 Å². The second-order valence-corrected chi connectivity index (χ2v) is 2.26. The zero-order valence-electron chi connectivity index (χ0n) is 7.83. The summed E-state index contributed by atoms with van der Waals surface area (Å²) >= 11 is 0. The van der Waals surface area contributed by atoms with Crippen molar-refractivity contribution in [2.45, 2.75) is 32.6 Å². The molecule has 0 fully saturated rings. The second-order valence-electron chi connectivity index (χ2n) is 2.26. The van der Waals surface area contributed by atoms with Gasteiger partial charge in [-0.05, 0) is 6.42 Å². The average molecular weight is 174 g/mol. The van der Waals surface area contributed by atoms with Gasteiger partial charge in [-0.1, -0.05) is 26.2 Å². The van der Waals surface area contributed by atoms with Gasteiger partial charge in [0.05, 0.1) is 0 Å². The number of rotatable bonds is 6. The SMILES string of the molecule is C=C.CCCCCCOB(O)O. The van der Waals surface area contributed by atoms with Gasteiger partial charge in [-0.15, -0.1) is 13.2 Å². The predicted molar refractivity (Wildman–Crippen MR) is 51.5 cm³/mol. The van der Waals surface area contributed by atoms with Gasteiger partial charge in [-0.25, -0.2) is 0 Å². The van der Waals surface area contributed by atoms with E-state index in [2.05, 4.69) is 24.7 Å². The van der Waals surface area contributed by atoms with E-state index in [-0.39, 0.29) is 0 Å². The Morgan fingerprint density at radius 3 is 2.17 bits per heavy atom. The first-order valence-corrected chi connectivity index (χ1v) is 4.25. The van der Waals surface area contributed by atoms with E-state index in [9.17, 15) is 0 Å². The predicted octanol–water partition coefficient (Wildman–Crippen LogP) is 1.35. The van der Waals surface area contributed by atoms with E-state index in [1.54, 1.807) is 0 Å². The van der Waals surface area contributed by atoms with Gasteiger partial charge in [0, 0.05) is 6.61 Å². The number of hydrogen-bond donors (Lipinski definition) is 2. The van der Waals surface area contributed by atoms with Crippen LogP contribution in [0.4, 0.5) is 0 Å². The Morgan fingerprint density at radius 1 is 1.17 bits per heavy atom. The highest BCUT2D eigenvalue weighted by Gasteiger charge is 2.05. The minimum atomic E-state index is -1.60. The first kappa shape index (κ1) is 14.2. The molecule has 12 heavy (non-hydrogen) atoms. The fourth-order valence-electron chi connectivity index (χ4n) is 0.718. The molecule has 0 atom stereocenters. The van der Waals surface area contributed by atoms with Crippen LogP contribution in [0.2, 0.25) is 0 Å². The number of unbranched alkanes of at least 4 members (excludes halogenated alkanes) is 3. The topological polar surface area (TPSA) is 49.7 Å². The van der Waals surface area contributed by atoms with Crippen molar-refractivity contribution in [2.75, 3.05) is 6.61 Å². The normalized spacial score (nSPS) is 8.58. The molecule has 2 N–H and O–H groups in total. The summed E-state index contributed by atoms with van der Waals surface area (Å²) in [5.74, 6) is 0. The van der Waals surface area contributed by atoms with Gasteiger partial charge < -0.3 is 14.7 Å². The molecule has 3 nitrogen and oxygen atoms in total. The average Bonchev–Trinajstić information content (AvgIpc) is 2.07. The Kier molecular flexibility index (Phi) is 15.7. The maximum Gasteiger partial charge on any atom is 0.633 e. The first-order valence-electron chi connectivity index (χ1n) is 4.25. The van der Waals surface area contributed by atoms with E-state index in [1.165, 1.54) is 12.8 Å². The Bertz CT molecular complexity index is 78.7. The van der Waals surface area contributed by atoms with Crippen molar-refractivity contribution >= 4 is 7.32 Å². The van der Waals surface area contributed by atoms with Crippen molar-refractivity contribution in [1.82, 2.24) is 0 Å². The van der Waals surface area contributed by atoms with Gasteiger partial charge in [0.2, 0.25) is 0 Å². The molecule has 0 aromatic rings. The molecule has 0 unspecified atom stereocenters. The first-order chi connectivity index (χ1) is 5.77. The third-order valence-electron chi connectivity index (χ3n) is 1.26. The molecule has 4 heteroatoms. The van der Waals surface area contributed by atoms with E-state index in [0.29, 0.717) is 6.61 Å². The Labute approximate surface area is 75.2 Å². The van der Waals surface area contributed by atoms with Crippen LogP contribution < -0.4 is 0 Å². The van der Waals surface area contributed by atoms with Crippen molar-refractivity contribution in [3.63, 3.8) is 0 Å². The molecule has 0 aliphatic heterocycles. The molecule has 0 amide bonds. The molecule has 0 saturated carbocycles. The zero-order valence-corrected chi connectivity index (χ0v) is 7.83. The van der Waals surface area contributed by atoms with Crippen LogP contribution in [0.15, 0.2) is 13.2 Å². The third-order valence-corrected chi connectivity index (χ3v) is 1.26. The molecule has 0 saturated heterocycles. The van der Waals surface area contributed by atoms with Gasteiger partial charge in [0.15, 0.2) is 0 Å². The monoisotopic (exact) mass is 174 g/mol. The summed E-state index contributed by atoms with van der Waals surface area (Å²) in [5, 5.41) is 16.5. The molecular weight excluding hydrogens is 155 g/mol. The van der Waals surface area contributed by atoms with Crippen LogP contribution in [-0.2, 0) is 4.65 Å². The van der Waals surface area contributed by atoms with Gasteiger partial charge in [0.25, 0.3) is 0 Å². The van der Waals surface area contributed by atoms with Crippen LogP contribution in [-0.4, -0.2) is 24.0 Å². The van der Waals surface area contributed by atoms with Crippen LogP contribution in [0.1, 0.15) is 32.6 Å². The standard InChI is InChI=1S/C6H15BO3.C2H4/c1-2-3-4-5-6-10-7(8)9;1-2/h8-9H,2-6H2,1H3;1-2H2. The van der Waals surface area contributed by atoms with Gasteiger partial charge >= 0.3 is 7.32 Å². The summed E-state index contributed by atoms with van der Waals surface area (Å²) in [5.41, 5.74) is 0. The van der Waals surface area contributed by atoms with Crippen molar-refractivity contribution in [3.05, 3.63) is 13.2 Å².